The van der Waals surface area contributed by atoms with Gasteiger partial charge < -0.3 is 4.90 Å². The van der Waals surface area contributed by atoms with Crippen molar-refractivity contribution in [2.24, 2.45) is 5.10 Å². The van der Waals surface area contributed by atoms with Crippen LogP contribution in [-0.2, 0) is 0 Å². The lowest BCUT2D eigenvalue weighted by Gasteiger charge is -2.27. The van der Waals surface area contributed by atoms with Crippen molar-refractivity contribution in [1.82, 2.24) is 5.01 Å². The van der Waals surface area contributed by atoms with Crippen LogP contribution in [0.5, 0.6) is 0 Å². The van der Waals surface area contributed by atoms with Crippen LogP contribution in [0, 0.1) is 10.1 Å². The highest BCUT2D eigenvalue weighted by Crippen LogP contribution is 2.11. The van der Waals surface area contributed by atoms with E-state index in [0.717, 1.165) is 31.7 Å². The zero-order chi connectivity index (χ0) is 13.0. The van der Waals surface area contributed by atoms with Gasteiger partial charge in [-0.25, -0.2) is 0 Å². The molecule has 0 atom stereocenters. The van der Waals surface area contributed by atoms with Crippen molar-refractivity contribution in [3.63, 3.8) is 0 Å². The van der Waals surface area contributed by atoms with Crippen LogP contribution in [0.15, 0.2) is 29.4 Å². The molecule has 1 fully saturated rings. The van der Waals surface area contributed by atoms with Crippen molar-refractivity contribution in [3.05, 3.63) is 39.9 Å². The number of hydrazone groups is 1. The van der Waals surface area contributed by atoms with Gasteiger partial charge in [0.05, 0.1) is 44.4 Å². The first kappa shape index (κ1) is 12.5. The van der Waals surface area contributed by atoms with Gasteiger partial charge in [0, 0.05) is 17.7 Å². The molecule has 0 radical (unpaired) electrons. The molecule has 0 spiro atoms. The van der Waals surface area contributed by atoms with Crippen LogP contribution in [-0.4, -0.2) is 49.4 Å². The molecule has 0 saturated carbocycles. The molecule has 1 aliphatic rings. The van der Waals surface area contributed by atoms with Gasteiger partial charge in [-0.05, 0) is 0 Å². The maximum atomic E-state index is 10.6. The van der Waals surface area contributed by atoms with Crippen LogP contribution in [0.2, 0.25) is 0 Å². The van der Waals surface area contributed by atoms with Gasteiger partial charge in [0.25, 0.3) is 5.69 Å². The summed E-state index contributed by atoms with van der Waals surface area (Å²) in [4.78, 5) is 11.8. The van der Waals surface area contributed by atoms with Gasteiger partial charge >= 0.3 is 0 Å². The monoisotopic (exact) mass is 249 g/mol. The van der Waals surface area contributed by atoms with Crippen LogP contribution in [0.25, 0.3) is 0 Å². The molecular formula is C12H17N4O2+. The first-order valence-corrected chi connectivity index (χ1v) is 6.00. The Balaban J connectivity index is 2.00. The molecule has 1 aromatic rings. The maximum Gasteiger partial charge on any atom is 0.270 e. The molecule has 0 bridgehead atoms. The number of benzene rings is 1. The van der Waals surface area contributed by atoms with Crippen molar-refractivity contribution >= 4 is 11.9 Å². The van der Waals surface area contributed by atoms with Crippen LogP contribution >= 0.6 is 0 Å². The minimum Gasteiger partial charge on any atom is -0.334 e. The first-order valence-electron chi connectivity index (χ1n) is 6.00. The second-order valence-electron chi connectivity index (χ2n) is 4.51. The number of nitrogens with zero attached hydrogens (tertiary/aromatic N) is 3. The summed E-state index contributed by atoms with van der Waals surface area (Å²) in [5, 5.41) is 17.0. The van der Waals surface area contributed by atoms with E-state index in [1.807, 2.05) is 11.1 Å². The third kappa shape index (κ3) is 3.27. The Morgan fingerprint density at radius 2 is 2.17 bits per heavy atom. The molecule has 0 aromatic heterocycles. The average molecular weight is 249 g/mol. The summed E-state index contributed by atoms with van der Waals surface area (Å²) < 4.78 is 0. The Bertz CT molecular complexity index is 453. The lowest BCUT2D eigenvalue weighted by atomic mass is 10.2. The summed E-state index contributed by atoms with van der Waals surface area (Å²) >= 11 is 0. The molecule has 0 aliphatic carbocycles. The van der Waals surface area contributed by atoms with Gasteiger partial charge in [-0.3, -0.25) is 15.1 Å². The number of piperazine rings is 1. The standard InChI is InChI=1S/C12H16N4O2/c1-14-5-7-15(8-6-14)13-10-11-3-2-4-12(9-11)16(17)18/h2-4,9-10H,5-8H2,1H3/p+1. The van der Waals surface area contributed by atoms with Gasteiger partial charge in [0.15, 0.2) is 0 Å². The molecule has 6 heteroatoms. The Morgan fingerprint density at radius 1 is 1.44 bits per heavy atom. The zero-order valence-corrected chi connectivity index (χ0v) is 10.4. The van der Waals surface area contributed by atoms with Crippen molar-refractivity contribution in [2.45, 2.75) is 0 Å². The van der Waals surface area contributed by atoms with Crippen LogP contribution in [0.3, 0.4) is 0 Å². The molecular weight excluding hydrogens is 232 g/mol. The summed E-state index contributed by atoms with van der Waals surface area (Å²) in [6.45, 7) is 4.01. The second kappa shape index (κ2) is 5.59. The van der Waals surface area contributed by atoms with Gasteiger partial charge in [0.1, 0.15) is 0 Å². The summed E-state index contributed by atoms with van der Waals surface area (Å²) in [5.41, 5.74) is 0.859. The van der Waals surface area contributed by atoms with E-state index < -0.39 is 4.92 Å². The number of nitro groups is 1. The number of nitro benzene ring substituents is 1. The lowest BCUT2D eigenvalue weighted by Crippen LogP contribution is -3.11. The predicted octanol–water partition coefficient (Wildman–Crippen LogP) is -0.241. The summed E-state index contributed by atoms with van der Waals surface area (Å²) in [6, 6.07) is 6.51. The molecule has 96 valence electrons. The average Bonchev–Trinajstić information content (AvgIpc) is 2.38. The molecule has 1 aliphatic heterocycles. The number of quaternary nitrogens is 1. The molecule has 2 rings (SSSR count). The van der Waals surface area contributed by atoms with Crippen LogP contribution in [0.4, 0.5) is 5.69 Å². The fourth-order valence-electron chi connectivity index (χ4n) is 1.86. The molecule has 1 N–H and O–H groups in total. The van der Waals surface area contributed by atoms with Crippen molar-refractivity contribution in [3.8, 4) is 0 Å². The summed E-state index contributed by atoms with van der Waals surface area (Å²) in [5.74, 6) is 0. The normalized spacial score (nSPS) is 17.3. The number of likely N-dealkylation sites (N-methyl/N-ethyl adjacent to an activating group) is 1. The summed E-state index contributed by atoms with van der Waals surface area (Å²) in [7, 11) is 2.17. The fraction of sp³-hybridized carbons (Fsp3) is 0.417. The first-order chi connectivity index (χ1) is 8.65. The minimum absolute atomic E-state index is 0.0989. The number of non-ortho nitro benzene ring substituents is 1. The maximum absolute atomic E-state index is 10.6. The SMILES string of the molecule is C[NH+]1CCN(N=Cc2cccc([N+](=O)[O-])c2)CC1. The van der Waals surface area contributed by atoms with E-state index in [1.54, 1.807) is 12.3 Å². The van der Waals surface area contributed by atoms with Gasteiger partial charge in [-0.1, -0.05) is 12.1 Å². The Kier molecular flexibility index (Phi) is 3.88. The van der Waals surface area contributed by atoms with Crippen LogP contribution < -0.4 is 4.90 Å². The van der Waals surface area contributed by atoms with E-state index in [1.165, 1.54) is 17.0 Å². The summed E-state index contributed by atoms with van der Waals surface area (Å²) in [6.07, 6.45) is 1.69. The molecule has 1 heterocycles. The number of hydrogen-bond acceptors (Lipinski definition) is 4. The number of hydrogen-bond donors (Lipinski definition) is 1. The lowest BCUT2D eigenvalue weighted by molar-refractivity contribution is -0.884. The fourth-order valence-corrected chi connectivity index (χ4v) is 1.86. The van der Waals surface area contributed by atoms with E-state index in [4.69, 9.17) is 0 Å². The number of nitrogens with one attached hydrogen (secondary N) is 1. The molecule has 6 nitrogen and oxygen atoms in total. The van der Waals surface area contributed by atoms with Gasteiger partial charge in [-0.2, -0.15) is 5.10 Å². The molecule has 0 amide bonds. The van der Waals surface area contributed by atoms with Gasteiger partial charge in [0.2, 0.25) is 0 Å². The van der Waals surface area contributed by atoms with E-state index in [-0.39, 0.29) is 5.69 Å². The quantitative estimate of drug-likeness (QED) is 0.457. The molecule has 1 saturated heterocycles. The van der Waals surface area contributed by atoms with E-state index in [0.29, 0.717) is 0 Å². The third-order valence-electron chi connectivity index (χ3n) is 3.04. The largest absolute Gasteiger partial charge is 0.334 e. The Labute approximate surface area is 106 Å². The highest BCUT2D eigenvalue weighted by atomic mass is 16.6. The van der Waals surface area contributed by atoms with Crippen molar-refractivity contribution in [1.29, 1.82) is 0 Å². The van der Waals surface area contributed by atoms with Crippen LogP contribution in [0.1, 0.15) is 5.56 Å². The minimum atomic E-state index is -0.392. The second-order valence-corrected chi connectivity index (χ2v) is 4.51. The Hall–Kier alpha value is -1.95. The van der Waals surface area contributed by atoms with Crippen molar-refractivity contribution in [2.75, 3.05) is 33.2 Å². The molecule has 0 unspecified atom stereocenters. The molecule has 18 heavy (non-hydrogen) atoms. The third-order valence-corrected chi connectivity index (χ3v) is 3.04. The highest BCUT2D eigenvalue weighted by Gasteiger charge is 2.14. The zero-order valence-electron chi connectivity index (χ0n) is 10.4. The van der Waals surface area contributed by atoms with E-state index in [2.05, 4.69) is 12.1 Å². The highest BCUT2D eigenvalue weighted by molar-refractivity contribution is 5.80. The van der Waals surface area contributed by atoms with Gasteiger partial charge in [-0.15, -0.1) is 0 Å². The molecule has 1 aromatic carbocycles. The van der Waals surface area contributed by atoms with E-state index >= 15 is 0 Å². The smallest absolute Gasteiger partial charge is 0.270 e. The van der Waals surface area contributed by atoms with Crippen molar-refractivity contribution < 1.29 is 9.82 Å². The Morgan fingerprint density at radius 3 is 2.83 bits per heavy atom. The van der Waals surface area contributed by atoms with E-state index in [9.17, 15) is 10.1 Å². The number of rotatable bonds is 3. The topological polar surface area (TPSA) is 63.2 Å². The predicted molar refractivity (Wildman–Crippen MR) is 68.9 cm³/mol.